The average molecular weight is 329 g/mol. The van der Waals surface area contributed by atoms with E-state index in [-0.39, 0.29) is 10.9 Å². The first-order chi connectivity index (χ1) is 10.3. The molecule has 22 heavy (non-hydrogen) atoms. The molecule has 0 amide bonds. The maximum Gasteiger partial charge on any atom is 0.573 e. The van der Waals surface area contributed by atoms with E-state index in [0.29, 0.717) is 17.1 Å². The Kier molecular flexibility index (Phi) is 4.66. The van der Waals surface area contributed by atoms with Crippen LogP contribution in [0.25, 0.3) is 11.3 Å². The molecule has 0 aliphatic rings. The maximum absolute atomic E-state index is 12.2. The molecule has 9 heteroatoms. The molecule has 0 spiro atoms. The van der Waals surface area contributed by atoms with Gasteiger partial charge in [-0.25, -0.2) is 0 Å². The number of thiocarbonyl (C=S) groups is 1. The number of ether oxygens (including phenoxy) is 1. The van der Waals surface area contributed by atoms with Crippen LogP contribution in [0.2, 0.25) is 0 Å². The first-order valence-electron chi connectivity index (χ1n) is 5.88. The summed E-state index contributed by atoms with van der Waals surface area (Å²) in [5, 5.41) is 3.71. The molecule has 0 aliphatic heterocycles. The van der Waals surface area contributed by atoms with Crippen LogP contribution in [0.5, 0.6) is 5.75 Å². The molecule has 2 rings (SSSR count). The fourth-order valence-corrected chi connectivity index (χ4v) is 1.64. The van der Waals surface area contributed by atoms with Crippen molar-refractivity contribution in [2.45, 2.75) is 6.36 Å². The van der Waals surface area contributed by atoms with E-state index in [1.165, 1.54) is 24.4 Å². The van der Waals surface area contributed by atoms with E-state index in [9.17, 15) is 13.2 Å². The van der Waals surface area contributed by atoms with Gasteiger partial charge in [0.1, 0.15) is 17.3 Å². The van der Waals surface area contributed by atoms with Gasteiger partial charge in [-0.05, 0) is 36.5 Å². The van der Waals surface area contributed by atoms with Gasteiger partial charge in [0, 0.05) is 5.56 Å². The minimum atomic E-state index is -4.74. The molecule has 1 aromatic heterocycles. The fourth-order valence-electron chi connectivity index (χ4n) is 1.58. The molecule has 0 saturated carbocycles. The van der Waals surface area contributed by atoms with Crippen molar-refractivity contribution >= 4 is 23.5 Å². The topological polar surface area (TPSA) is 72.8 Å². The zero-order chi connectivity index (χ0) is 16.2. The van der Waals surface area contributed by atoms with E-state index < -0.39 is 6.36 Å². The van der Waals surface area contributed by atoms with Crippen LogP contribution >= 0.6 is 12.2 Å². The van der Waals surface area contributed by atoms with Crippen LogP contribution in [0.4, 0.5) is 13.2 Å². The Balaban J connectivity index is 2.15. The molecule has 0 saturated heterocycles. The van der Waals surface area contributed by atoms with Crippen molar-refractivity contribution < 1.29 is 22.3 Å². The summed E-state index contributed by atoms with van der Waals surface area (Å²) in [6, 6.07) is 8.64. The van der Waals surface area contributed by atoms with Gasteiger partial charge in [-0.2, -0.15) is 5.10 Å². The van der Waals surface area contributed by atoms with Crippen LogP contribution in [0, 0.1) is 0 Å². The molecule has 0 fully saturated rings. The fraction of sp³-hybridized carbons (Fsp3) is 0.0769. The van der Waals surface area contributed by atoms with Gasteiger partial charge in [0.05, 0.1) is 6.21 Å². The van der Waals surface area contributed by atoms with Gasteiger partial charge in [-0.3, -0.25) is 5.43 Å². The number of hydrazone groups is 1. The highest BCUT2D eigenvalue weighted by molar-refractivity contribution is 7.80. The number of benzene rings is 1. The first-order valence-corrected chi connectivity index (χ1v) is 6.29. The molecule has 2 aromatic rings. The Bertz CT molecular complexity index is 698. The normalized spacial score (nSPS) is 11.6. The monoisotopic (exact) mass is 329 g/mol. The number of alkyl halides is 3. The smallest absolute Gasteiger partial charge is 0.455 e. The summed E-state index contributed by atoms with van der Waals surface area (Å²) >= 11 is 4.57. The highest BCUT2D eigenvalue weighted by Crippen LogP contribution is 2.28. The second-order valence-corrected chi connectivity index (χ2v) is 4.45. The number of hydrogen-bond donors (Lipinski definition) is 2. The predicted molar refractivity (Wildman–Crippen MR) is 78.3 cm³/mol. The standard InChI is InChI=1S/C13H10F3N3O2S/c14-13(15,16)21-9-3-1-2-8(6-9)11-5-4-10(20-11)7-18-19-12(17)22/h1-7H,(H3,17,19,22)/b18-7+. The minimum absolute atomic E-state index is 0.0000280. The Morgan fingerprint density at radius 2 is 2.09 bits per heavy atom. The second kappa shape index (κ2) is 6.48. The van der Waals surface area contributed by atoms with Crippen LogP contribution in [0.3, 0.4) is 0 Å². The van der Waals surface area contributed by atoms with Gasteiger partial charge in [0.25, 0.3) is 0 Å². The largest absolute Gasteiger partial charge is 0.573 e. The number of rotatable bonds is 4. The number of halogens is 3. The SMILES string of the molecule is NC(=S)N/N=C/c1ccc(-c2cccc(OC(F)(F)F)c2)o1. The van der Waals surface area contributed by atoms with Crippen molar-refractivity contribution in [2.75, 3.05) is 0 Å². The minimum Gasteiger partial charge on any atom is -0.455 e. The zero-order valence-corrected chi connectivity index (χ0v) is 11.7. The Hall–Kier alpha value is -2.55. The number of furan rings is 1. The van der Waals surface area contributed by atoms with E-state index >= 15 is 0 Å². The van der Waals surface area contributed by atoms with Gasteiger partial charge in [0.15, 0.2) is 5.11 Å². The van der Waals surface area contributed by atoms with E-state index in [1.807, 2.05) is 0 Å². The Labute approximate surface area is 128 Å². The average Bonchev–Trinajstić information content (AvgIpc) is 2.85. The van der Waals surface area contributed by atoms with Crippen molar-refractivity contribution in [3.8, 4) is 17.1 Å². The van der Waals surface area contributed by atoms with Gasteiger partial charge in [0.2, 0.25) is 0 Å². The lowest BCUT2D eigenvalue weighted by atomic mass is 10.2. The van der Waals surface area contributed by atoms with Crippen molar-refractivity contribution in [1.29, 1.82) is 0 Å². The van der Waals surface area contributed by atoms with Crippen molar-refractivity contribution in [3.63, 3.8) is 0 Å². The molecular formula is C13H10F3N3O2S. The molecular weight excluding hydrogens is 319 g/mol. The molecule has 5 nitrogen and oxygen atoms in total. The molecule has 116 valence electrons. The summed E-state index contributed by atoms with van der Waals surface area (Å²) in [4.78, 5) is 0. The van der Waals surface area contributed by atoms with Crippen molar-refractivity contribution in [1.82, 2.24) is 5.43 Å². The van der Waals surface area contributed by atoms with Crippen molar-refractivity contribution in [3.05, 3.63) is 42.2 Å². The number of nitrogens with zero attached hydrogens (tertiary/aromatic N) is 1. The molecule has 3 N–H and O–H groups in total. The Morgan fingerprint density at radius 3 is 2.77 bits per heavy atom. The summed E-state index contributed by atoms with van der Waals surface area (Å²) in [6.07, 6.45) is -3.41. The third-order valence-corrected chi connectivity index (χ3v) is 2.44. The van der Waals surface area contributed by atoms with E-state index in [4.69, 9.17) is 10.2 Å². The molecule has 1 aromatic carbocycles. The molecule has 0 unspecified atom stereocenters. The summed E-state index contributed by atoms with van der Waals surface area (Å²) in [5.41, 5.74) is 7.98. The zero-order valence-electron chi connectivity index (χ0n) is 10.9. The van der Waals surface area contributed by atoms with Crippen LogP contribution in [-0.2, 0) is 0 Å². The van der Waals surface area contributed by atoms with Crippen LogP contribution in [0.1, 0.15) is 5.76 Å². The molecule has 0 radical (unpaired) electrons. The Morgan fingerprint density at radius 1 is 1.32 bits per heavy atom. The maximum atomic E-state index is 12.2. The highest BCUT2D eigenvalue weighted by Gasteiger charge is 2.31. The highest BCUT2D eigenvalue weighted by atomic mass is 32.1. The van der Waals surface area contributed by atoms with Gasteiger partial charge in [-0.15, -0.1) is 13.2 Å². The van der Waals surface area contributed by atoms with E-state index in [0.717, 1.165) is 0 Å². The lowest BCUT2D eigenvalue weighted by molar-refractivity contribution is -0.274. The first kappa shape index (κ1) is 15.8. The van der Waals surface area contributed by atoms with Gasteiger partial charge >= 0.3 is 6.36 Å². The molecule has 0 bridgehead atoms. The van der Waals surface area contributed by atoms with E-state index in [2.05, 4.69) is 27.5 Å². The second-order valence-electron chi connectivity index (χ2n) is 4.01. The van der Waals surface area contributed by atoms with Gasteiger partial charge in [-0.1, -0.05) is 12.1 Å². The quantitative estimate of drug-likeness (QED) is 0.512. The summed E-state index contributed by atoms with van der Waals surface area (Å²) in [7, 11) is 0. The molecule has 0 atom stereocenters. The summed E-state index contributed by atoms with van der Waals surface area (Å²) in [6.45, 7) is 0. The van der Waals surface area contributed by atoms with Crippen molar-refractivity contribution in [2.24, 2.45) is 10.8 Å². The van der Waals surface area contributed by atoms with Crippen LogP contribution in [-0.4, -0.2) is 17.7 Å². The molecule has 1 heterocycles. The lowest BCUT2D eigenvalue weighted by Gasteiger charge is -2.09. The van der Waals surface area contributed by atoms with Gasteiger partial charge < -0.3 is 14.9 Å². The van der Waals surface area contributed by atoms with E-state index in [1.54, 1.807) is 18.2 Å². The van der Waals surface area contributed by atoms with Crippen LogP contribution in [0.15, 0.2) is 45.9 Å². The number of hydrogen-bond acceptors (Lipinski definition) is 4. The number of nitrogens with one attached hydrogen (secondary N) is 1. The molecule has 0 aliphatic carbocycles. The third-order valence-electron chi connectivity index (χ3n) is 2.35. The predicted octanol–water partition coefficient (Wildman–Crippen LogP) is 3.01. The lowest BCUT2D eigenvalue weighted by Crippen LogP contribution is -2.23. The summed E-state index contributed by atoms with van der Waals surface area (Å²) < 4.78 is 45.9. The van der Waals surface area contributed by atoms with Crippen LogP contribution < -0.4 is 15.9 Å². The summed E-state index contributed by atoms with van der Waals surface area (Å²) in [5.74, 6) is 0.414. The number of nitrogens with two attached hydrogens (primary N) is 1. The third kappa shape index (κ3) is 4.77.